The first-order chi connectivity index (χ1) is 8.16. The zero-order valence-corrected chi connectivity index (χ0v) is 11.0. The number of benzene rings is 1. The number of likely N-dealkylation sites (tertiary alicyclic amines) is 1. The predicted molar refractivity (Wildman–Crippen MR) is 73.0 cm³/mol. The normalized spacial score (nSPS) is 22.9. The Morgan fingerprint density at radius 3 is 2.94 bits per heavy atom. The maximum atomic E-state index is 6.26. The van der Waals surface area contributed by atoms with Gasteiger partial charge in [0.25, 0.3) is 0 Å². The summed E-state index contributed by atoms with van der Waals surface area (Å²) in [5.41, 5.74) is 8.83. The number of hydrogen-bond donors (Lipinski definition) is 1. The minimum atomic E-state index is 0.183. The van der Waals surface area contributed by atoms with Crippen molar-refractivity contribution >= 4 is 0 Å². The van der Waals surface area contributed by atoms with Gasteiger partial charge >= 0.3 is 0 Å². The van der Waals surface area contributed by atoms with Gasteiger partial charge in [-0.3, -0.25) is 0 Å². The first-order valence-corrected chi connectivity index (χ1v) is 6.73. The van der Waals surface area contributed by atoms with Crippen LogP contribution >= 0.6 is 0 Å². The molecule has 0 spiro atoms. The Hall–Kier alpha value is -0.860. The lowest BCUT2D eigenvalue weighted by atomic mass is 10.0. The number of aryl methyl sites for hydroxylation is 1. The van der Waals surface area contributed by atoms with Gasteiger partial charge in [-0.25, -0.2) is 0 Å². The average molecular weight is 232 g/mol. The third kappa shape index (κ3) is 3.30. The van der Waals surface area contributed by atoms with Crippen LogP contribution in [0.3, 0.4) is 0 Å². The number of rotatable bonds is 4. The quantitative estimate of drug-likeness (QED) is 0.865. The topological polar surface area (TPSA) is 29.3 Å². The van der Waals surface area contributed by atoms with E-state index in [4.69, 9.17) is 5.73 Å². The molecule has 0 aliphatic carbocycles. The largest absolute Gasteiger partial charge is 0.324 e. The summed E-state index contributed by atoms with van der Waals surface area (Å²) >= 11 is 0. The van der Waals surface area contributed by atoms with Crippen LogP contribution in [0.25, 0.3) is 0 Å². The van der Waals surface area contributed by atoms with Gasteiger partial charge in [0, 0.05) is 18.6 Å². The second-order valence-electron chi connectivity index (χ2n) is 5.34. The summed E-state index contributed by atoms with van der Waals surface area (Å²) in [6.07, 6.45) is 3.76. The van der Waals surface area contributed by atoms with E-state index in [9.17, 15) is 0 Å². The lowest BCUT2D eigenvalue weighted by molar-refractivity contribution is 0.258. The molecule has 1 aliphatic rings. The van der Waals surface area contributed by atoms with Crippen LogP contribution in [0.2, 0.25) is 0 Å². The fraction of sp³-hybridized carbons (Fsp3) is 0.600. The average Bonchev–Trinajstić information content (AvgIpc) is 2.72. The second kappa shape index (κ2) is 5.65. The lowest BCUT2D eigenvalue weighted by Crippen LogP contribution is -2.30. The Bertz CT molecular complexity index is 362. The van der Waals surface area contributed by atoms with Crippen LogP contribution in [0.5, 0.6) is 0 Å². The van der Waals surface area contributed by atoms with E-state index in [1.807, 2.05) is 0 Å². The van der Waals surface area contributed by atoms with Crippen molar-refractivity contribution in [1.82, 2.24) is 4.90 Å². The van der Waals surface area contributed by atoms with Crippen molar-refractivity contribution in [3.63, 3.8) is 0 Å². The standard InChI is InChI=1S/C15H24N2/c1-12-5-3-7-14(11-12)15(16)8-10-17-9-4-6-13(17)2/h3,5,7,11,13,15H,4,6,8-10,16H2,1-2H3. The molecule has 2 heteroatoms. The summed E-state index contributed by atoms with van der Waals surface area (Å²) < 4.78 is 0. The number of nitrogens with two attached hydrogens (primary N) is 1. The second-order valence-corrected chi connectivity index (χ2v) is 5.34. The number of nitrogens with zero attached hydrogens (tertiary/aromatic N) is 1. The zero-order valence-electron chi connectivity index (χ0n) is 11.0. The van der Waals surface area contributed by atoms with Crippen molar-refractivity contribution in [2.24, 2.45) is 5.73 Å². The van der Waals surface area contributed by atoms with E-state index in [2.05, 4.69) is 43.0 Å². The van der Waals surface area contributed by atoms with Crippen LogP contribution in [-0.2, 0) is 0 Å². The maximum absolute atomic E-state index is 6.26. The fourth-order valence-corrected chi connectivity index (χ4v) is 2.70. The van der Waals surface area contributed by atoms with E-state index in [0.717, 1.165) is 19.0 Å². The predicted octanol–water partition coefficient (Wildman–Crippen LogP) is 2.87. The Kier molecular flexibility index (Phi) is 4.19. The summed E-state index contributed by atoms with van der Waals surface area (Å²) in [5, 5.41) is 0. The summed E-state index contributed by atoms with van der Waals surface area (Å²) in [7, 11) is 0. The summed E-state index contributed by atoms with van der Waals surface area (Å²) in [6, 6.07) is 9.51. The van der Waals surface area contributed by atoms with Crippen LogP contribution in [0.1, 0.15) is 43.4 Å². The molecule has 2 unspecified atom stereocenters. The van der Waals surface area contributed by atoms with Crippen molar-refractivity contribution in [3.8, 4) is 0 Å². The van der Waals surface area contributed by atoms with Gasteiger partial charge in [0.15, 0.2) is 0 Å². The molecule has 1 aromatic carbocycles. The molecule has 2 nitrogen and oxygen atoms in total. The fourth-order valence-electron chi connectivity index (χ4n) is 2.70. The first-order valence-electron chi connectivity index (χ1n) is 6.73. The molecule has 2 N–H and O–H groups in total. The molecule has 0 amide bonds. The lowest BCUT2D eigenvalue weighted by Gasteiger charge is -2.23. The highest BCUT2D eigenvalue weighted by Gasteiger charge is 2.20. The van der Waals surface area contributed by atoms with Crippen molar-refractivity contribution in [2.45, 2.75) is 45.2 Å². The maximum Gasteiger partial charge on any atom is 0.0307 e. The smallest absolute Gasteiger partial charge is 0.0307 e. The van der Waals surface area contributed by atoms with Gasteiger partial charge in [0.1, 0.15) is 0 Å². The highest BCUT2D eigenvalue weighted by Crippen LogP contribution is 2.20. The van der Waals surface area contributed by atoms with Crippen molar-refractivity contribution < 1.29 is 0 Å². The molecule has 0 saturated carbocycles. The molecule has 1 saturated heterocycles. The van der Waals surface area contributed by atoms with Crippen LogP contribution < -0.4 is 5.73 Å². The van der Waals surface area contributed by atoms with Crippen LogP contribution in [0, 0.1) is 6.92 Å². The molecule has 0 bridgehead atoms. The van der Waals surface area contributed by atoms with Gasteiger partial charge in [0.05, 0.1) is 0 Å². The molecule has 94 valence electrons. The first kappa shape index (κ1) is 12.6. The number of hydrogen-bond acceptors (Lipinski definition) is 2. The molecule has 1 aromatic rings. The van der Waals surface area contributed by atoms with E-state index in [1.165, 1.54) is 30.5 Å². The molecule has 0 radical (unpaired) electrons. The van der Waals surface area contributed by atoms with Crippen molar-refractivity contribution in [2.75, 3.05) is 13.1 Å². The van der Waals surface area contributed by atoms with Gasteiger partial charge in [-0.05, 0) is 45.2 Å². The highest BCUT2D eigenvalue weighted by atomic mass is 15.2. The molecule has 0 aromatic heterocycles. The molecule has 1 fully saturated rings. The van der Waals surface area contributed by atoms with Gasteiger partial charge in [-0.1, -0.05) is 29.8 Å². The monoisotopic (exact) mass is 232 g/mol. The summed E-state index contributed by atoms with van der Waals surface area (Å²) in [5.74, 6) is 0. The van der Waals surface area contributed by atoms with Gasteiger partial charge in [-0.2, -0.15) is 0 Å². The minimum Gasteiger partial charge on any atom is -0.324 e. The molecule has 17 heavy (non-hydrogen) atoms. The van der Waals surface area contributed by atoms with Gasteiger partial charge < -0.3 is 10.6 Å². The summed E-state index contributed by atoms with van der Waals surface area (Å²) in [6.45, 7) is 6.84. The minimum absolute atomic E-state index is 0.183. The third-order valence-electron chi connectivity index (χ3n) is 3.89. The van der Waals surface area contributed by atoms with Gasteiger partial charge in [-0.15, -0.1) is 0 Å². The van der Waals surface area contributed by atoms with E-state index in [-0.39, 0.29) is 6.04 Å². The van der Waals surface area contributed by atoms with Crippen molar-refractivity contribution in [1.29, 1.82) is 0 Å². The highest BCUT2D eigenvalue weighted by molar-refractivity contribution is 5.24. The Morgan fingerprint density at radius 1 is 1.47 bits per heavy atom. The Labute approximate surface area is 105 Å². The molecular formula is C15H24N2. The Morgan fingerprint density at radius 2 is 2.29 bits per heavy atom. The van der Waals surface area contributed by atoms with E-state index in [0.29, 0.717) is 0 Å². The van der Waals surface area contributed by atoms with Gasteiger partial charge in [0.2, 0.25) is 0 Å². The van der Waals surface area contributed by atoms with Crippen LogP contribution in [0.15, 0.2) is 24.3 Å². The van der Waals surface area contributed by atoms with E-state index < -0.39 is 0 Å². The zero-order chi connectivity index (χ0) is 12.3. The Balaban J connectivity index is 1.86. The molecule has 2 rings (SSSR count). The summed E-state index contributed by atoms with van der Waals surface area (Å²) in [4.78, 5) is 2.57. The third-order valence-corrected chi connectivity index (χ3v) is 3.89. The molecule has 1 aliphatic heterocycles. The molecule has 1 heterocycles. The van der Waals surface area contributed by atoms with E-state index in [1.54, 1.807) is 0 Å². The van der Waals surface area contributed by atoms with Crippen molar-refractivity contribution in [3.05, 3.63) is 35.4 Å². The molecule has 2 atom stereocenters. The van der Waals surface area contributed by atoms with E-state index >= 15 is 0 Å². The van der Waals surface area contributed by atoms with Crippen LogP contribution in [0.4, 0.5) is 0 Å². The van der Waals surface area contributed by atoms with Crippen LogP contribution in [-0.4, -0.2) is 24.0 Å². The molecular weight excluding hydrogens is 208 g/mol. The SMILES string of the molecule is Cc1cccc(C(N)CCN2CCCC2C)c1.